The summed E-state index contributed by atoms with van der Waals surface area (Å²) in [6.07, 6.45) is 2.57. The minimum atomic E-state index is 0.513. The predicted molar refractivity (Wildman–Crippen MR) is 66.3 cm³/mol. The fourth-order valence-corrected chi connectivity index (χ4v) is 3.81. The SMILES string of the molecule is C=C1N=C(PCC(C)CC)SC1C. The van der Waals surface area contributed by atoms with Gasteiger partial charge >= 0.3 is 0 Å². The molecule has 0 N–H and O–H groups in total. The van der Waals surface area contributed by atoms with Gasteiger partial charge in [0.15, 0.2) is 0 Å². The van der Waals surface area contributed by atoms with Crippen molar-refractivity contribution in [3.63, 3.8) is 0 Å². The van der Waals surface area contributed by atoms with Gasteiger partial charge in [0.05, 0.1) is 4.78 Å². The molecule has 0 aromatic rings. The van der Waals surface area contributed by atoms with Crippen LogP contribution in [0.3, 0.4) is 0 Å². The van der Waals surface area contributed by atoms with Crippen molar-refractivity contribution in [2.24, 2.45) is 10.9 Å². The van der Waals surface area contributed by atoms with Crippen LogP contribution in [-0.2, 0) is 0 Å². The van der Waals surface area contributed by atoms with Crippen LogP contribution in [0.25, 0.3) is 0 Å². The summed E-state index contributed by atoms with van der Waals surface area (Å²) >= 11 is 1.89. The summed E-state index contributed by atoms with van der Waals surface area (Å²) in [4.78, 5) is 5.79. The summed E-state index contributed by atoms with van der Waals surface area (Å²) in [5.74, 6) is 0.839. The van der Waals surface area contributed by atoms with Crippen molar-refractivity contribution in [3.8, 4) is 0 Å². The molecular formula is C10H18NPS. The Labute approximate surface area is 87.3 Å². The van der Waals surface area contributed by atoms with Crippen LogP contribution >= 0.6 is 20.3 Å². The molecule has 0 fully saturated rings. The lowest BCUT2D eigenvalue weighted by molar-refractivity contribution is 0.636. The van der Waals surface area contributed by atoms with Gasteiger partial charge in [-0.05, 0) is 19.0 Å². The van der Waals surface area contributed by atoms with Gasteiger partial charge in [-0.25, -0.2) is 4.99 Å². The van der Waals surface area contributed by atoms with Crippen LogP contribution in [0.2, 0.25) is 0 Å². The standard InChI is InChI=1S/C10H18NPS/c1-5-7(2)6-12-10-11-8(3)9(4)13-10/h7,9,12H,3,5-6H2,1-2,4H3. The highest BCUT2D eigenvalue weighted by Crippen LogP contribution is 2.37. The number of thioether (sulfide) groups is 1. The van der Waals surface area contributed by atoms with Crippen molar-refractivity contribution in [1.29, 1.82) is 0 Å². The third-order valence-electron chi connectivity index (χ3n) is 2.30. The Morgan fingerprint density at radius 1 is 1.69 bits per heavy atom. The second-order valence-electron chi connectivity index (χ2n) is 3.56. The molecule has 3 atom stereocenters. The number of hydrogen-bond donors (Lipinski definition) is 0. The molecule has 0 aliphatic carbocycles. The quantitative estimate of drug-likeness (QED) is 0.651. The molecule has 3 heteroatoms. The fourth-order valence-electron chi connectivity index (χ4n) is 0.970. The van der Waals surface area contributed by atoms with Crippen LogP contribution in [0.4, 0.5) is 0 Å². The summed E-state index contributed by atoms with van der Waals surface area (Å²) in [6.45, 7) is 10.7. The minimum absolute atomic E-state index is 0.513. The van der Waals surface area contributed by atoms with Crippen molar-refractivity contribution in [2.75, 3.05) is 6.16 Å². The van der Waals surface area contributed by atoms with Gasteiger partial charge in [-0.1, -0.05) is 47.2 Å². The van der Waals surface area contributed by atoms with E-state index >= 15 is 0 Å². The van der Waals surface area contributed by atoms with Gasteiger partial charge in [0.1, 0.15) is 0 Å². The van der Waals surface area contributed by atoms with Crippen molar-refractivity contribution >= 4 is 25.1 Å². The molecule has 0 radical (unpaired) electrons. The lowest BCUT2D eigenvalue weighted by Gasteiger charge is -2.07. The first-order valence-electron chi connectivity index (χ1n) is 4.81. The van der Waals surface area contributed by atoms with Gasteiger partial charge in [-0.3, -0.25) is 0 Å². The minimum Gasteiger partial charge on any atom is -0.246 e. The molecule has 0 spiro atoms. The summed E-state index contributed by atoms with van der Waals surface area (Å²) < 4.78 is 0. The maximum Gasteiger partial charge on any atom is 0.0935 e. The molecule has 0 saturated heterocycles. The molecule has 1 heterocycles. The van der Waals surface area contributed by atoms with E-state index in [2.05, 4.69) is 32.3 Å². The first-order chi connectivity index (χ1) is 6.13. The van der Waals surface area contributed by atoms with Crippen LogP contribution in [0.5, 0.6) is 0 Å². The third-order valence-corrected chi connectivity index (χ3v) is 5.34. The molecule has 1 aliphatic heterocycles. The van der Waals surface area contributed by atoms with Gasteiger partial charge in [0, 0.05) is 10.9 Å². The smallest absolute Gasteiger partial charge is 0.0935 e. The van der Waals surface area contributed by atoms with Crippen LogP contribution in [0, 0.1) is 5.92 Å². The van der Waals surface area contributed by atoms with Crippen LogP contribution in [0.15, 0.2) is 17.3 Å². The molecule has 0 saturated carbocycles. The van der Waals surface area contributed by atoms with E-state index in [0.717, 1.165) is 20.2 Å². The molecule has 13 heavy (non-hydrogen) atoms. The molecule has 74 valence electrons. The van der Waals surface area contributed by atoms with Crippen molar-refractivity contribution < 1.29 is 0 Å². The second-order valence-corrected chi connectivity index (χ2v) is 6.49. The van der Waals surface area contributed by atoms with Crippen molar-refractivity contribution in [2.45, 2.75) is 32.4 Å². The summed E-state index contributed by atoms with van der Waals surface area (Å²) in [6, 6.07) is 0. The average Bonchev–Trinajstić information content (AvgIpc) is 2.42. The zero-order chi connectivity index (χ0) is 9.84. The number of rotatable bonds is 4. The van der Waals surface area contributed by atoms with Crippen LogP contribution in [-0.4, -0.2) is 16.2 Å². The monoisotopic (exact) mass is 215 g/mol. The lowest BCUT2D eigenvalue weighted by Crippen LogP contribution is -1.96. The van der Waals surface area contributed by atoms with E-state index in [1.165, 1.54) is 17.4 Å². The van der Waals surface area contributed by atoms with Gasteiger partial charge in [-0.15, -0.1) is 0 Å². The van der Waals surface area contributed by atoms with E-state index in [1.54, 1.807) is 0 Å². The first-order valence-corrected chi connectivity index (χ1v) is 6.90. The van der Waals surface area contributed by atoms with Gasteiger partial charge in [-0.2, -0.15) is 0 Å². The molecular weight excluding hydrogens is 197 g/mol. The Hall–Kier alpha value is 0.190. The highest BCUT2D eigenvalue weighted by molar-refractivity contribution is 8.24. The second kappa shape index (κ2) is 5.17. The Morgan fingerprint density at radius 2 is 2.38 bits per heavy atom. The fraction of sp³-hybridized carbons (Fsp3) is 0.700. The number of aliphatic imine (C=N–C) groups is 1. The lowest BCUT2D eigenvalue weighted by atomic mass is 10.2. The van der Waals surface area contributed by atoms with Crippen LogP contribution < -0.4 is 0 Å². The van der Waals surface area contributed by atoms with E-state index in [-0.39, 0.29) is 0 Å². The molecule has 0 bridgehead atoms. The molecule has 0 aromatic carbocycles. The Balaban J connectivity index is 2.31. The van der Waals surface area contributed by atoms with E-state index < -0.39 is 0 Å². The maximum absolute atomic E-state index is 4.47. The molecule has 1 rings (SSSR count). The Morgan fingerprint density at radius 3 is 2.85 bits per heavy atom. The number of hydrogen-bond acceptors (Lipinski definition) is 2. The maximum atomic E-state index is 4.47. The van der Waals surface area contributed by atoms with Gasteiger partial charge < -0.3 is 0 Å². The average molecular weight is 215 g/mol. The zero-order valence-electron chi connectivity index (χ0n) is 8.63. The summed E-state index contributed by atoms with van der Waals surface area (Å²) in [7, 11) is 0.897. The number of nitrogens with zero attached hydrogens (tertiary/aromatic N) is 1. The largest absolute Gasteiger partial charge is 0.246 e. The third kappa shape index (κ3) is 3.44. The highest BCUT2D eigenvalue weighted by atomic mass is 32.2. The topological polar surface area (TPSA) is 12.4 Å². The first kappa shape index (κ1) is 11.3. The van der Waals surface area contributed by atoms with E-state index in [9.17, 15) is 0 Å². The van der Waals surface area contributed by atoms with Crippen molar-refractivity contribution in [3.05, 3.63) is 12.3 Å². The molecule has 3 unspecified atom stereocenters. The molecule has 1 nitrogen and oxygen atoms in total. The molecule has 0 aromatic heterocycles. The molecule has 0 amide bonds. The zero-order valence-corrected chi connectivity index (χ0v) is 10.4. The van der Waals surface area contributed by atoms with Gasteiger partial charge in [0.25, 0.3) is 0 Å². The van der Waals surface area contributed by atoms with Crippen LogP contribution in [0.1, 0.15) is 27.2 Å². The van der Waals surface area contributed by atoms with Crippen molar-refractivity contribution in [1.82, 2.24) is 0 Å². The Bertz CT molecular complexity index is 225. The normalized spacial score (nSPS) is 25.6. The summed E-state index contributed by atoms with van der Waals surface area (Å²) in [5, 5.41) is 0.513. The Kier molecular flexibility index (Phi) is 4.48. The summed E-state index contributed by atoms with van der Waals surface area (Å²) in [5.41, 5.74) is 1.05. The van der Waals surface area contributed by atoms with Gasteiger partial charge in [0.2, 0.25) is 0 Å². The van der Waals surface area contributed by atoms with E-state index in [4.69, 9.17) is 0 Å². The van der Waals surface area contributed by atoms with E-state index in [0.29, 0.717) is 5.25 Å². The molecule has 1 aliphatic rings. The highest BCUT2D eigenvalue weighted by Gasteiger charge is 2.18. The van der Waals surface area contributed by atoms with E-state index in [1.807, 2.05) is 11.8 Å². The predicted octanol–water partition coefficient (Wildman–Crippen LogP) is 3.72.